The molecule has 2 heterocycles. The van der Waals surface area contributed by atoms with Crippen LogP contribution in [0.2, 0.25) is 0 Å². The maximum atomic E-state index is 12.6. The molecule has 0 aliphatic carbocycles. The first-order valence-electron chi connectivity index (χ1n) is 7.33. The van der Waals surface area contributed by atoms with Crippen molar-refractivity contribution >= 4 is 16.8 Å². The fourth-order valence-electron chi connectivity index (χ4n) is 2.79. The van der Waals surface area contributed by atoms with Gasteiger partial charge in [-0.2, -0.15) is 0 Å². The van der Waals surface area contributed by atoms with Gasteiger partial charge in [0.2, 0.25) is 0 Å². The minimum absolute atomic E-state index is 0.0309. The number of hydrogen-bond donors (Lipinski definition) is 1. The number of nitrogens with one attached hydrogen (secondary N) is 1. The van der Waals surface area contributed by atoms with Crippen LogP contribution in [-0.4, -0.2) is 24.7 Å². The molecule has 0 saturated heterocycles. The van der Waals surface area contributed by atoms with Crippen LogP contribution in [0.25, 0.3) is 11.0 Å². The lowest BCUT2D eigenvalue weighted by Crippen LogP contribution is -2.23. The molecule has 0 aliphatic heterocycles. The Hall–Kier alpha value is -2.83. The number of aryl methyl sites for hydroxylation is 2. The van der Waals surface area contributed by atoms with E-state index in [1.807, 2.05) is 13.8 Å². The Morgan fingerprint density at radius 2 is 1.83 bits per heavy atom. The summed E-state index contributed by atoms with van der Waals surface area (Å²) in [6, 6.07) is 5.02. The monoisotopic (exact) mass is 314 g/mol. The highest BCUT2D eigenvalue weighted by molar-refractivity contribution is 6.10. The number of H-pyrrole nitrogens is 1. The third-order valence-electron chi connectivity index (χ3n) is 4.05. The standard InChI is InChI=1S/C16H18N4O3/c1-9(2)20-13-7-10(5-6-12(13)18(3)16(20)23)14(21)11-8-17-19(4)15(11)22/h5-9,17H,1-4H3. The van der Waals surface area contributed by atoms with Gasteiger partial charge in [-0.3, -0.25) is 23.4 Å². The van der Waals surface area contributed by atoms with E-state index in [2.05, 4.69) is 5.10 Å². The van der Waals surface area contributed by atoms with Gasteiger partial charge in [0.25, 0.3) is 5.56 Å². The summed E-state index contributed by atoms with van der Waals surface area (Å²) < 4.78 is 4.44. The Balaban J connectivity index is 2.23. The summed E-state index contributed by atoms with van der Waals surface area (Å²) in [6.07, 6.45) is 1.40. The molecule has 120 valence electrons. The Labute approximate surface area is 131 Å². The van der Waals surface area contributed by atoms with E-state index < -0.39 is 0 Å². The Kier molecular flexibility index (Phi) is 3.35. The van der Waals surface area contributed by atoms with Crippen LogP contribution in [0.3, 0.4) is 0 Å². The summed E-state index contributed by atoms with van der Waals surface area (Å²) in [5.74, 6) is -0.361. The second-order valence-corrected chi connectivity index (χ2v) is 5.89. The van der Waals surface area contributed by atoms with E-state index in [9.17, 15) is 14.4 Å². The number of hydrogen-bond acceptors (Lipinski definition) is 3. The van der Waals surface area contributed by atoms with Gasteiger partial charge >= 0.3 is 5.69 Å². The van der Waals surface area contributed by atoms with E-state index in [-0.39, 0.29) is 28.6 Å². The van der Waals surface area contributed by atoms with Crippen molar-refractivity contribution in [3.8, 4) is 0 Å². The van der Waals surface area contributed by atoms with E-state index in [1.165, 1.54) is 10.9 Å². The number of aromatic nitrogens is 4. The lowest BCUT2D eigenvalue weighted by atomic mass is 10.1. The van der Waals surface area contributed by atoms with Crippen LogP contribution in [-0.2, 0) is 14.1 Å². The molecule has 0 fully saturated rings. The van der Waals surface area contributed by atoms with Crippen LogP contribution in [0, 0.1) is 0 Å². The number of carbonyl (C=O) groups excluding carboxylic acids is 1. The molecule has 0 saturated carbocycles. The zero-order valence-corrected chi connectivity index (χ0v) is 13.5. The average Bonchev–Trinajstić information content (AvgIpc) is 2.97. The molecule has 3 aromatic rings. The summed E-state index contributed by atoms with van der Waals surface area (Å²) in [7, 11) is 3.25. The molecule has 0 atom stereocenters. The van der Waals surface area contributed by atoms with Crippen LogP contribution >= 0.6 is 0 Å². The second-order valence-electron chi connectivity index (χ2n) is 5.89. The van der Waals surface area contributed by atoms with Crippen molar-refractivity contribution in [1.29, 1.82) is 0 Å². The van der Waals surface area contributed by atoms with Gasteiger partial charge in [-0.1, -0.05) is 0 Å². The summed E-state index contributed by atoms with van der Waals surface area (Å²) in [4.78, 5) is 36.8. The maximum Gasteiger partial charge on any atom is 0.329 e. The molecule has 1 N–H and O–H groups in total. The predicted octanol–water partition coefficient (Wildman–Crippen LogP) is 1.18. The molecule has 23 heavy (non-hydrogen) atoms. The zero-order chi connectivity index (χ0) is 16.9. The first-order chi connectivity index (χ1) is 10.8. The predicted molar refractivity (Wildman–Crippen MR) is 87.0 cm³/mol. The molecule has 1 aromatic carbocycles. The van der Waals surface area contributed by atoms with Gasteiger partial charge in [0.05, 0.1) is 11.0 Å². The Morgan fingerprint density at radius 1 is 1.13 bits per heavy atom. The average molecular weight is 314 g/mol. The molecule has 0 spiro atoms. The van der Waals surface area contributed by atoms with Gasteiger partial charge in [-0.05, 0) is 32.0 Å². The number of ketones is 1. The van der Waals surface area contributed by atoms with Crippen molar-refractivity contribution in [1.82, 2.24) is 18.9 Å². The fourth-order valence-corrected chi connectivity index (χ4v) is 2.79. The minimum Gasteiger partial charge on any atom is -0.302 e. The molecule has 3 rings (SSSR count). The highest BCUT2D eigenvalue weighted by Gasteiger charge is 2.19. The normalized spacial score (nSPS) is 11.5. The number of fused-ring (bicyclic) bond motifs is 1. The first-order valence-corrected chi connectivity index (χ1v) is 7.33. The van der Waals surface area contributed by atoms with E-state index >= 15 is 0 Å². The number of carbonyl (C=O) groups is 1. The third-order valence-corrected chi connectivity index (χ3v) is 4.05. The third kappa shape index (κ3) is 2.16. The van der Waals surface area contributed by atoms with Crippen molar-refractivity contribution in [3.63, 3.8) is 0 Å². The molecule has 7 nitrogen and oxygen atoms in total. The van der Waals surface area contributed by atoms with Crippen LogP contribution in [0.4, 0.5) is 0 Å². The number of aromatic amines is 1. The molecule has 2 aromatic heterocycles. The van der Waals surface area contributed by atoms with Gasteiger partial charge in [-0.15, -0.1) is 0 Å². The zero-order valence-electron chi connectivity index (χ0n) is 13.5. The molecular formula is C16H18N4O3. The number of nitrogens with zero attached hydrogens (tertiary/aromatic N) is 3. The second kappa shape index (κ2) is 5.12. The largest absolute Gasteiger partial charge is 0.329 e. The van der Waals surface area contributed by atoms with E-state index in [0.717, 1.165) is 5.52 Å². The number of rotatable bonds is 3. The first kappa shape index (κ1) is 15.1. The fraction of sp³-hybridized carbons (Fsp3) is 0.312. The lowest BCUT2D eigenvalue weighted by Gasteiger charge is -2.07. The van der Waals surface area contributed by atoms with Crippen LogP contribution in [0.5, 0.6) is 0 Å². The summed E-state index contributed by atoms with van der Waals surface area (Å²) in [6.45, 7) is 3.83. The number of imidazole rings is 1. The molecule has 0 radical (unpaired) electrons. The molecule has 0 aliphatic rings. The van der Waals surface area contributed by atoms with Gasteiger partial charge in [0, 0.05) is 31.9 Å². The quantitative estimate of drug-likeness (QED) is 0.737. The summed E-state index contributed by atoms with van der Waals surface area (Å²) >= 11 is 0. The maximum absolute atomic E-state index is 12.6. The van der Waals surface area contributed by atoms with Crippen molar-refractivity contribution in [2.24, 2.45) is 14.1 Å². The van der Waals surface area contributed by atoms with Crippen molar-refractivity contribution in [2.45, 2.75) is 19.9 Å². The highest BCUT2D eigenvalue weighted by Crippen LogP contribution is 2.19. The highest BCUT2D eigenvalue weighted by atomic mass is 16.2. The summed E-state index contributed by atoms with van der Waals surface area (Å²) in [5, 5.41) is 2.69. The van der Waals surface area contributed by atoms with Crippen LogP contribution in [0.15, 0.2) is 34.0 Å². The van der Waals surface area contributed by atoms with E-state index in [0.29, 0.717) is 11.1 Å². The molecular weight excluding hydrogens is 296 g/mol. The lowest BCUT2D eigenvalue weighted by molar-refractivity contribution is 0.103. The van der Waals surface area contributed by atoms with Crippen molar-refractivity contribution < 1.29 is 4.79 Å². The van der Waals surface area contributed by atoms with Crippen LogP contribution in [0.1, 0.15) is 35.8 Å². The number of benzene rings is 1. The van der Waals surface area contributed by atoms with Gasteiger partial charge < -0.3 is 5.10 Å². The topological polar surface area (TPSA) is 81.8 Å². The van der Waals surface area contributed by atoms with E-state index in [1.54, 1.807) is 41.4 Å². The van der Waals surface area contributed by atoms with E-state index in [4.69, 9.17) is 0 Å². The van der Waals surface area contributed by atoms with Gasteiger partial charge in [-0.25, -0.2) is 4.79 Å². The summed E-state index contributed by atoms with van der Waals surface area (Å²) in [5.41, 5.74) is 1.41. The molecule has 0 unspecified atom stereocenters. The molecule has 7 heteroatoms. The van der Waals surface area contributed by atoms with Crippen LogP contribution < -0.4 is 11.2 Å². The van der Waals surface area contributed by atoms with Gasteiger partial charge in [0.1, 0.15) is 5.56 Å². The van der Waals surface area contributed by atoms with Crippen molar-refractivity contribution in [3.05, 3.63) is 56.4 Å². The van der Waals surface area contributed by atoms with Gasteiger partial charge in [0.15, 0.2) is 5.78 Å². The Bertz CT molecular complexity index is 1030. The molecule has 0 amide bonds. The SMILES string of the molecule is CC(C)n1c(=O)n(C)c2ccc(C(=O)c3c[nH]n(C)c3=O)cc21. The smallest absolute Gasteiger partial charge is 0.302 e. The molecule has 0 bridgehead atoms. The Morgan fingerprint density at radius 3 is 2.39 bits per heavy atom. The van der Waals surface area contributed by atoms with Crippen molar-refractivity contribution in [2.75, 3.05) is 0 Å². The minimum atomic E-state index is -0.371.